The largest absolute Gasteiger partial charge is 0.354 e. The lowest BCUT2D eigenvalue weighted by Gasteiger charge is -2.33. The minimum Gasteiger partial charge on any atom is -0.354 e. The van der Waals surface area contributed by atoms with Crippen LogP contribution in [0.3, 0.4) is 0 Å². The summed E-state index contributed by atoms with van der Waals surface area (Å²) in [6.07, 6.45) is 1.58. The number of halogens is 1. The summed E-state index contributed by atoms with van der Waals surface area (Å²) in [7, 11) is 2.12. The molecule has 15 heavy (non-hydrogen) atoms. The molecule has 1 fully saturated rings. The fourth-order valence-electron chi connectivity index (χ4n) is 1.64. The molecule has 0 bridgehead atoms. The number of hydrogen-bond donors (Lipinski definition) is 0. The summed E-state index contributed by atoms with van der Waals surface area (Å²) in [5.41, 5.74) is 0. The van der Waals surface area contributed by atoms with E-state index in [0.717, 1.165) is 32.0 Å². The van der Waals surface area contributed by atoms with Crippen LogP contribution in [0.5, 0.6) is 0 Å². The van der Waals surface area contributed by atoms with E-state index in [1.165, 1.54) is 0 Å². The number of pyridine rings is 1. The zero-order chi connectivity index (χ0) is 10.7. The van der Waals surface area contributed by atoms with E-state index in [0.29, 0.717) is 4.90 Å². The molecule has 1 aromatic heterocycles. The lowest BCUT2D eigenvalue weighted by Crippen LogP contribution is -2.44. The van der Waals surface area contributed by atoms with Crippen LogP contribution in [0.4, 0.5) is 9.70 Å². The molecule has 0 amide bonds. The van der Waals surface area contributed by atoms with Crippen LogP contribution < -0.4 is 4.90 Å². The highest BCUT2D eigenvalue weighted by molar-refractivity contribution is 7.94. The van der Waals surface area contributed by atoms with Crippen LogP contribution in [0, 0.1) is 0 Å². The molecule has 1 aliphatic rings. The molecule has 82 valence electrons. The van der Waals surface area contributed by atoms with Gasteiger partial charge >= 0.3 is 0 Å². The Morgan fingerprint density at radius 1 is 1.27 bits per heavy atom. The van der Waals surface area contributed by atoms with Gasteiger partial charge in [0.25, 0.3) is 0 Å². The number of anilines is 1. The van der Waals surface area contributed by atoms with Crippen LogP contribution >= 0.6 is 12.1 Å². The first-order valence-corrected chi connectivity index (χ1v) is 5.69. The summed E-state index contributed by atoms with van der Waals surface area (Å²) in [5, 5.41) is 0. The summed E-state index contributed by atoms with van der Waals surface area (Å²) in [4.78, 5) is 9.33. The van der Waals surface area contributed by atoms with Crippen molar-refractivity contribution in [3.05, 3.63) is 18.3 Å². The highest BCUT2D eigenvalue weighted by Gasteiger charge is 2.14. The fourth-order valence-corrected chi connectivity index (χ4v) is 1.85. The number of nitrogens with zero attached hydrogens (tertiary/aromatic N) is 3. The normalized spacial score (nSPS) is 18.1. The minimum atomic E-state index is 0.235. The third-order valence-corrected chi connectivity index (χ3v) is 3.06. The van der Waals surface area contributed by atoms with Gasteiger partial charge in [-0.15, -0.1) is 0 Å². The van der Waals surface area contributed by atoms with Crippen molar-refractivity contribution in [1.82, 2.24) is 9.88 Å². The molecular formula is C10H14FN3S. The Kier molecular flexibility index (Phi) is 3.43. The van der Waals surface area contributed by atoms with Gasteiger partial charge in [-0.3, -0.25) is 0 Å². The molecule has 0 unspecified atom stereocenters. The first-order valence-electron chi connectivity index (χ1n) is 4.98. The highest BCUT2D eigenvalue weighted by atomic mass is 32.2. The Morgan fingerprint density at radius 2 is 2.00 bits per heavy atom. The maximum Gasteiger partial charge on any atom is 0.128 e. The first kappa shape index (κ1) is 10.7. The fraction of sp³-hybridized carbons (Fsp3) is 0.500. The average Bonchev–Trinajstić information content (AvgIpc) is 2.30. The Morgan fingerprint density at radius 3 is 2.53 bits per heavy atom. The Labute approximate surface area is 93.6 Å². The van der Waals surface area contributed by atoms with E-state index in [1.54, 1.807) is 12.3 Å². The second-order valence-corrected chi connectivity index (χ2v) is 4.35. The molecule has 5 heteroatoms. The van der Waals surface area contributed by atoms with E-state index >= 15 is 0 Å². The van der Waals surface area contributed by atoms with Crippen LogP contribution in [0.15, 0.2) is 23.2 Å². The van der Waals surface area contributed by atoms with E-state index < -0.39 is 0 Å². The van der Waals surface area contributed by atoms with Crippen molar-refractivity contribution in [3.63, 3.8) is 0 Å². The van der Waals surface area contributed by atoms with Gasteiger partial charge in [0.05, 0.1) is 17.0 Å². The Hall–Kier alpha value is -0.810. The number of rotatable bonds is 2. The topological polar surface area (TPSA) is 19.4 Å². The molecular weight excluding hydrogens is 213 g/mol. The lowest BCUT2D eigenvalue weighted by atomic mass is 10.3. The summed E-state index contributed by atoms with van der Waals surface area (Å²) in [6, 6.07) is 3.65. The predicted molar refractivity (Wildman–Crippen MR) is 60.9 cm³/mol. The maximum atomic E-state index is 12.2. The number of hydrogen-bond acceptors (Lipinski definition) is 4. The molecule has 0 atom stereocenters. The van der Waals surface area contributed by atoms with Crippen molar-refractivity contribution in [2.75, 3.05) is 38.1 Å². The number of likely N-dealkylation sites (N-methyl/N-ethyl adjacent to an activating group) is 1. The van der Waals surface area contributed by atoms with Crippen LogP contribution in [0.25, 0.3) is 0 Å². The van der Waals surface area contributed by atoms with Gasteiger partial charge in [-0.2, -0.15) is 3.89 Å². The van der Waals surface area contributed by atoms with Crippen LogP contribution in [-0.4, -0.2) is 43.1 Å². The molecule has 0 spiro atoms. The van der Waals surface area contributed by atoms with E-state index in [4.69, 9.17) is 0 Å². The van der Waals surface area contributed by atoms with Crippen molar-refractivity contribution in [2.45, 2.75) is 4.90 Å². The Bertz CT molecular complexity index is 309. The zero-order valence-corrected chi connectivity index (χ0v) is 9.50. The van der Waals surface area contributed by atoms with Crippen molar-refractivity contribution < 1.29 is 3.89 Å². The average molecular weight is 227 g/mol. The molecule has 3 nitrogen and oxygen atoms in total. The van der Waals surface area contributed by atoms with Crippen molar-refractivity contribution >= 4 is 18.0 Å². The summed E-state index contributed by atoms with van der Waals surface area (Å²) < 4.78 is 12.2. The van der Waals surface area contributed by atoms with Gasteiger partial charge in [0, 0.05) is 32.4 Å². The van der Waals surface area contributed by atoms with E-state index in [9.17, 15) is 3.89 Å². The third kappa shape index (κ3) is 2.60. The molecule has 2 rings (SSSR count). The summed E-state index contributed by atoms with van der Waals surface area (Å²) in [6.45, 7) is 4.10. The predicted octanol–water partition coefficient (Wildman–Crippen LogP) is 1.81. The number of piperazine rings is 1. The third-order valence-electron chi connectivity index (χ3n) is 2.64. The molecule has 0 aromatic carbocycles. The van der Waals surface area contributed by atoms with Crippen molar-refractivity contribution in [1.29, 1.82) is 0 Å². The van der Waals surface area contributed by atoms with Gasteiger partial charge in [-0.05, 0) is 19.2 Å². The second-order valence-electron chi connectivity index (χ2n) is 3.72. The molecule has 0 saturated carbocycles. The van der Waals surface area contributed by atoms with Crippen LogP contribution in [-0.2, 0) is 0 Å². The molecule has 1 aromatic rings. The van der Waals surface area contributed by atoms with E-state index in [-0.39, 0.29) is 12.1 Å². The van der Waals surface area contributed by atoms with Crippen LogP contribution in [0.2, 0.25) is 0 Å². The molecule has 0 aliphatic carbocycles. The summed E-state index contributed by atoms with van der Waals surface area (Å²) >= 11 is 0.235. The standard InChI is InChI=1S/C10H14FN3S/c1-13-4-6-14(7-5-13)10-3-2-9(15-11)8-12-10/h2-3,8H,4-7H2,1H3. The molecule has 2 heterocycles. The zero-order valence-electron chi connectivity index (χ0n) is 8.69. The van der Waals surface area contributed by atoms with E-state index in [1.807, 2.05) is 6.07 Å². The van der Waals surface area contributed by atoms with E-state index in [2.05, 4.69) is 21.8 Å². The van der Waals surface area contributed by atoms with Crippen molar-refractivity contribution in [2.24, 2.45) is 0 Å². The SMILES string of the molecule is CN1CCN(c2ccc(SF)cn2)CC1. The molecule has 0 N–H and O–H groups in total. The maximum absolute atomic E-state index is 12.2. The Balaban J connectivity index is 2.03. The van der Waals surface area contributed by atoms with Gasteiger partial charge in [-0.25, -0.2) is 4.98 Å². The second kappa shape index (κ2) is 4.81. The lowest BCUT2D eigenvalue weighted by molar-refractivity contribution is 0.312. The van der Waals surface area contributed by atoms with Gasteiger partial charge in [0.2, 0.25) is 0 Å². The smallest absolute Gasteiger partial charge is 0.128 e. The summed E-state index contributed by atoms with van der Waals surface area (Å²) in [5.74, 6) is 0.945. The molecule has 0 radical (unpaired) electrons. The van der Waals surface area contributed by atoms with Gasteiger partial charge in [-0.1, -0.05) is 0 Å². The van der Waals surface area contributed by atoms with Gasteiger partial charge in [0.15, 0.2) is 0 Å². The highest BCUT2D eigenvalue weighted by Crippen LogP contribution is 2.20. The quantitative estimate of drug-likeness (QED) is 0.767. The number of aromatic nitrogens is 1. The molecule has 1 saturated heterocycles. The van der Waals surface area contributed by atoms with Gasteiger partial charge < -0.3 is 9.80 Å². The first-order chi connectivity index (χ1) is 7.29. The van der Waals surface area contributed by atoms with Crippen LogP contribution in [0.1, 0.15) is 0 Å². The minimum absolute atomic E-state index is 0.235. The monoisotopic (exact) mass is 227 g/mol. The van der Waals surface area contributed by atoms with Gasteiger partial charge in [0.1, 0.15) is 5.82 Å². The molecule has 1 aliphatic heterocycles. The van der Waals surface area contributed by atoms with Crippen molar-refractivity contribution in [3.8, 4) is 0 Å².